The summed E-state index contributed by atoms with van der Waals surface area (Å²) in [5.41, 5.74) is -1.26. The third-order valence-electron chi connectivity index (χ3n) is 3.56. The quantitative estimate of drug-likeness (QED) is 0.683. The van der Waals surface area contributed by atoms with Gasteiger partial charge in [0, 0.05) is 11.1 Å². The highest BCUT2D eigenvalue weighted by atomic mass is 35.5. The summed E-state index contributed by atoms with van der Waals surface area (Å²) in [6.45, 7) is 3.06. The standard InChI is InChI=1S/C19H17Cl3N2O3/c1-12(27-14-5-3-13(20)4-6-14)18(25)24-19(2,10-23)11-26-15-7-8-16(21)17(22)9-15/h3-9,12H,11H2,1-2H3,(H,24,25). The van der Waals surface area contributed by atoms with Crippen molar-refractivity contribution in [2.75, 3.05) is 6.61 Å². The van der Waals surface area contributed by atoms with Crippen LogP contribution in [0.5, 0.6) is 11.5 Å². The highest BCUT2D eigenvalue weighted by Crippen LogP contribution is 2.26. The van der Waals surface area contributed by atoms with Crippen LogP contribution in [0.3, 0.4) is 0 Å². The first-order valence-corrected chi connectivity index (χ1v) is 9.09. The summed E-state index contributed by atoms with van der Waals surface area (Å²) in [5, 5.41) is 13.4. The number of ether oxygens (including phenoxy) is 2. The highest BCUT2D eigenvalue weighted by molar-refractivity contribution is 6.42. The minimum absolute atomic E-state index is 0.0825. The molecular weight excluding hydrogens is 411 g/mol. The van der Waals surface area contributed by atoms with Gasteiger partial charge in [0.1, 0.15) is 18.1 Å². The van der Waals surface area contributed by atoms with Gasteiger partial charge in [-0.25, -0.2) is 0 Å². The van der Waals surface area contributed by atoms with Crippen LogP contribution in [-0.2, 0) is 4.79 Å². The van der Waals surface area contributed by atoms with Crippen molar-refractivity contribution in [3.63, 3.8) is 0 Å². The lowest BCUT2D eigenvalue weighted by Crippen LogP contribution is -2.52. The van der Waals surface area contributed by atoms with Gasteiger partial charge in [-0.1, -0.05) is 34.8 Å². The predicted molar refractivity (Wildman–Crippen MR) is 106 cm³/mol. The fourth-order valence-electron chi connectivity index (χ4n) is 2.03. The first-order chi connectivity index (χ1) is 12.7. The van der Waals surface area contributed by atoms with Crippen molar-refractivity contribution in [3.05, 3.63) is 57.5 Å². The number of hydrogen-bond acceptors (Lipinski definition) is 4. The van der Waals surface area contributed by atoms with Crippen molar-refractivity contribution in [1.29, 1.82) is 5.26 Å². The van der Waals surface area contributed by atoms with Gasteiger partial charge in [0.2, 0.25) is 0 Å². The second kappa shape index (κ2) is 9.18. The maximum atomic E-state index is 12.4. The van der Waals surface area contributed by atoms with Gasteiger partial charge in [-0.2, -0.15) is 5.26 Å². The van der Waals surface area contributed by atoms with Crippen molar-refractivity contribution < 1.29 is 14.3 Å². The topological polar surface area (TPSA) is 71.3 Å². The number of halogens is 3. The molecule has 0 spiro atoms. The number of nitrogens with zero attached hydrogens (tertiary/aromatic N) is 1. The van der Waals surface area contributed by atoms with Crippen LogP contribution in [0.25, 0.3) is 0 Å². The molecule has 0 aliphatic rings. The van der Waals surface area contributed by atoms with Gasteiger partial charge in [-0.05, 0) is 50.2 Å². The minimum Gasteiger partial charge on any atom is -0.490 e. The second-order valence-corrected chi connectivity index (χ2v) is 7.26. The summed E-state index contributed by atoms with van der Waals surface area (Å²) in [4.78, 5) is 12.4. The fraction of sp³-hybridized carbons (Fsp3) is 0.263. The number of carbonyl (C=O) groups excluding carboxylic acids is 1. The lowest BCUT2D eigenvalue weighted by Gasteiger charge is -2.25. The van der Waals surface area contributed by atoms with Gasteiger partial charge in [-0.3, -0.25) is 4.79 Å². The number of nitrogens with one attached hydrogen (secondary N) is 1. The summed E-state index contributed by atoms with van der Waals surface area (Å²) in [5.74, 6) is 0.477. The normalized spacial score (nSPS) is 13.8. The average Bonchev–Trinajstić information content (AvgIpc) is 2.64. The van der Waals surface area contributed by atoms with E-state index in [0.29, 0.717) is 26.6 Å². The first kappa shape index (κ1) is 21.2. The molecule has 0 aliphatic heterocycles. The zero-order chi connectivity index (χ0) is 20.0. The molecule has 2 unspecified atom stereocenters. The molecule has 0 saturated carbocycles. The van der Waals surface area contributed by atoms with E-state index in [2.05, 4.69) is 5.32 Å². The van der Waals surface area contributed by atoms with E-state index in [-0.39, 0.29) is 6.61 Å². The van der Waals surface area contributed by atoms with Crippen molar-refractivity contribution in [2.24, 2.45) is 0 Å². The Kier molecular flexibility index (Phi) is 7.20. The Morgan fingerprint density at radius 1 is 1.15 bits per heavy atom. The molecule has 0 bridgehead atoms. The Labute approximate surface area is 172 Å². The summed E-state index contributed by atoms with van der Waals surface area (Å²) in [6, 6.07) is 13.4. The second-order valence-electron chi connectivity index (χ2n) is 6.01. The van der Waals surface area contributed by atoms with Crippen LogP contribution in [0.2, 0.25) is 15.1 Å². The fourth-order valence-corrected chi connectivity index (χ4v) is 2.45. The van der Waals surface area contributed by atoms with Crippen LogP contribution >= 0.6 is 34.8 Å². The zero-order valence-electron chi connectivity index (χ0n) is 14.6. The molecule has 1 N–H and O–H groups in total. The molecule has 0 fully saturated rings. The van der Waals surface area contributed by atoms with Crippen LogP contribution in [0.1, 0.15) is 13.8 Å². The number of hydrogen-bond donors (Lipinski definition) is 1. The number of rotatable bonds is 7. The molecule has 2 rings (SSSR count). The Morgan fingerprint density at radius 3 is 2.37 bits per heavy atom. The molecule has 0 heterocycles. The monoisotopic (exact) mass is 426 g/mol. The number of carbonyl (C=O) groups is 1. The van der Waals surface area contributed by atoms with Crippen molar-refractivity contribution in [3.8, 4) is 17.6 Å². The van der Waals surface area contributed by atoms with E-state index in [9.17, 15) is 10.1 Å². The summed E-state index contributed by atoms with van der Waals surface area (Å²) in [6.07, 6.45) is -0.816. The van der Waals surface area contributed by atoms with E-state index >= 15 is 0 Å². The van der Waals surface area contributed by atoms with E-state index in [1.54, 1.807) is 50.2 Å². The van der Waals surface area contributed by atoms with Gasteiger partial charge >= 0.3 is 0 Å². The molecule has 0 aliphatic carbocycles. The molecule has 0 aromatic heterocycles. The molecule has 2 atom stereocenters. The maximum absolute atomic E-state index is 12.4. The summed E-state index contributed by atoms with van der Waals surface area (Å²) in [7, 11) is 0. The highest BCUT2D eigenvalue weighted by Gasteiger charge is 2.30. The lowest BCUT2D eigenvalue weighted by atomic mass is 10.1. The smallest absolute Gasteiger partial charge is 0.262 e. The van der Waals surface area contributed by atoms with Crippen molar-refractivity contribution in [1.82, 2.24) is 5.32 Å². The Balaban J connectivity index is 1.96. The van der Waals surface area contributed by atoms with Crippen LogP contribution in [0.15, 0.2) is 42.5 Å². The van der Waals surface area contributed by atoms with E-state index in [4.69, 9.17) is 44.3 Å². The largest absolute Gasteiger partial charge is 0.490 e. The molecular formula is C19H17Cl3N2O3. The lowest BCUT2D eigenvalue weighted by molar-refractivity contribution is -0.128. The van der Waals surface area contributed by atoms with Gasteiger partial charge in [0.25, 0.3) is 5.91 Å². The van der Waals surface area contributed by atoms with E-state index < -0.39 is 17.6 Å². The summed E-state index contributed by atoms with van der Waals surface area (Å²) < 4.78 is 11.1. The predicted octanol–water partition coefficient (Wildman–Crippen LogP) is 4.89. The van der Waals surface area contributed by atoms with E-state index in [1.165, 1.54) is 6.07 Å². The van der Waals surface area contributed by atoms with Gasteiger partial charge in [-0.15, -0.1) is 0 Å². The molecule has 1 amide bonds. The SMILES string of the molecule is CC(Oc1ccc(Cl)cc1)C(=O)NC(C)(C#N)COc1ccc(Cl)c(Cl)c1. The maximum Gasteiger partial charge on any atom is 0.262 e. The van der Waals surface area contributed by atoms with Gasteiger partial charge in [0.15, 0.2) is 11.6 Å². The molecule has 2 aromatic rings. The van der Waals surface area contributed by atoms with Crippen LogP contribution < -0.4 is 14.8 Å². The molecule has 5 nitrogen and oxygen atoms in total. The molecule has 142 valence electrons. The van der Waals surface area contributed by atoms with E-state index in [1.807, 2.05) is 6.07 Å². The van der Waals surface area contributed by atoms with Crippen LogP contribution in [0, 0.1) is 11.3 Å². The molecule has 27 heavy (non-hydrogen) atoms. The Hall–Kier alpha value is -2.13. The van der Waals surface area contributed by atoms with Crippen LogP contribution in [0.4, 0.5) is 0 Å². The molecule has 0 saturated heterocycles. The van der Waals surface area contributed by atoms with E-state index in [0.717, 1.165) is 0 Å². The summed E-state index contributed by atoms with van der Waals surface area (Å²) >= 11 is 17.6. The van der Waals surface area contributed by atoms with Gasteiger partial charge < -0.3 is 14.8 Å². The first-order valence-electron chi connectivity index (χ1n) is 7.96. The minimum atomic E-state index is -1.26. The van der Waals surface area contributed by atoms with Crippen molar-refractivity contribution >= 4 is 40.7 Å². The van der Waals surface area contributed by atoms with Crippen molar-refractivity contribution in [2.45, 2.75) is 25.5 Å². The third kappa shape index (κ3) is 6.21. The number of benzene rings is 2. The molecule has 8 heteroatoms. The Bertz CT molecular complexity index is 852. The zero-order valence-corrected chi connectivity index (χ0v) is 16.9. The Morgan fingerprint density at radius 2 is 1.78 bits per heavy atom. The van der Waals surface area contributed by atoms with Crippen LogP contribution in [-0.4, -0.2) is 24.2 Å². The molecule has 2 aromatic carbocycles. The number of nitriles is 1. The third-order valence-corrected chi connectivity index (χ3v) is 4.55. The number of amides is 1. The molecule has 0 radical (unpaired) electrons. The van der Waals surface area contributed by atoms with Gasteiger partial charge in [0.05, 0.1) is 16.1 Å². The average molecular weight is 428 g/mol.